The Hall–Kier alpha value is -1.64. The van der Waals surface area contributed by atoms with Crippen molar-refractivity contribution in [1.82, 2.24) is 0 Å². The predicted molar refractivity (Wildman–Crippen MR) is 71.1 cm³/mol. The van der Waals surface area contributed by atoms with Crippen LogP contribution in [0.3, 0.4) is 0 Å². The lowest BCUT2D eigenvalue weighted by Crippen LogP contribution is -2.46. The number of hydrogen-bond donors (Lipinski definition) is 0. The number of Topliss-reactive ketones (excluding diaryl/α,β-unsaturated/α-hetero) is 1. The Kier molecular flexibility index (Phi) is 2.92. The second kappa shape index (κ2) is 4.48. The molecule has 1 fully saturated rings. The number of aryl methyl sites for hydroxylation is 2. The number of fused-ring (bicyclic) bond motifs is 1. The molecule has 1 saturated carbocycles. The molecule has 0 radical (unpaired) electrons. The molecule has 2 aliphatic rings. The third-order valence-electron chi connectivity index (χ3n) is 4.58. The molecule has 0 aliphatic heterocycles. The molecule has 0 heterocycles. The van der Waals surface area contributed by atoms with E-state index in [1.165, 1.54) is 18.2 Å². The zero-order chi connectivity index (χ0) is 13.5. The number of hydrogen-bond acceptors (Lipinski definition) is 3. The van der Waals surface area contributed by atoms with Gasteiger partial charge in [0.25, 0.3) is 0 Å². The van der Waals surface area contributed by atoms with Crippen LogP contribution in [0.15, 0.2) is 18.2 Å². The van der Waals surface area contributed by atoms with Crippen LogP contribution in [0.5, 0.6) is 0 Å². The molecule has 3 rings (SSSR count). The van der Waals surface area contributed by atoms with Crippen molar-refractivity contribution in [3.05, 3.63) is 34.9 Å². The molecule has 0 aromatic heterocycles. The van der Waals surface area contributed by atoms with Crippen LogP contribution in [-0.2, 0) is 22.4 Å². The Morgan fingerprint density at radius 1 is 1.11 bits per heavy atom. The maximum atomic E-state index is 12.6. The van der Waals surface area contributed by atoms with Crippen LogP contribution in [0.2, 0.25) is 0 Å². The summed E-state index contributed by atoms with van der Waals surface area (Å²) >= 11 is 0. The summed E-state index contributed by atoms with van der Waals surface area (Å²) in [6.45, 7) is 0. The highest BCUT2D eigenvalue weighted by Crippen LogP contribution is 2.45. The molecule has 0 unspecified atom stereocenters. The van der Waals surface area contributed by atoms with Crippen LogP contribution < -0.4 is 0 Å². The number of ether oxygens (including phenoxy) is 1. The number of benzene rings is 1. The van der Waals surface area contributed by atoms with Crippen LogP contribution in [0.25, 0.3) is 0 Å². The van der Waals surface area contributed by atoms with Gasteiger partial charge in [0.05, 0.1) is 7.11 Å². The van der Waals surface area contributed by atoms with Gasteiger partial charge in [-0.1, -0.05) is 18.6 Å². The summed E-state index contributed by atoms with van der Waals surface area (Å²) in [5.74, 6) is -0.426. The third-order valence-corrected chi connectivity index (χ3v) is 4.58. The minimum Gasteiger partial charge on any atom is -0.468 e. The number of carbonyl (C=O) groups is 2. The Balaban J connectivity index is 1.93. The minimum absolute atomic E-state index is 0.0553. The van der Waals surface area contributed by atoms with Gasteiger partial charge in [-0.05, 0) is 49.3 Å². The lowest BCUT2D eigenvalue weighted by atomic mass is 9.64. The fourth-order valence-corrected chi connectivity index (χ4v) is 3.24. The molecular weight excluding hydrogens is 240 g/mol. The summed E-state index contributed by atoms with van der Waals surface area (Å²) < 4.78 is 4.83. The van der Waals surface area contributed by atoms with Gasteiger partial charge in [-0.25, -0.2) is 0 Å². The second-order valence-electron chi connectivity index (χ2n) is 5.59. The molecular formula is C16H18O3. The molecule has 2 aliphatic carbocycles. The van der Waals surface area contributed by atoms with Crippen LogP contribution >= 0.6 is 0 Å². The van der Waals surface area contributed by atoms with Crippen molar-refractivity contribution < 1.29 is 14.3 Å². The van der Waals surface area contributed by atoms with E-state index in [0.717, 1.165) is 25.7 Å². The minimum atomic E-state index is -0.901. The number of carbonyl (C=O) groups excluding carboxylic acids is 2. The van der Waals surface area contributed by atoms with Crippen molar-refractivity contribution in [1.29, 1.82) is 0 Å². The molecule has 1 aromatic rings. The Labute approximate surface area is 113 Å². The summed E-state index contributed by atoms with van der Waals surface area (Å²) in [7, 11) is 1.36. The Bertz CT molecular complexity index is 541. The Morgan fingerprint density at radius 2 is 1.84 bits per heavy atom. The molecule has 0 saturated heterocycles. The van der Waals surface area contributed by atoms with Gasteiger partial charge < -0.3 is 4.74 Å². The summed E-state index contributed by atoms with van der Waals surface area (Å²) in [5.41, 5.74) is 2.38. The fraction of sp³-hybridized carbons (Fsp3) is 0.500. The molecule has 100 valence electrons. The van der Waals surface area contributed by atoms with E-state index < -0.39 is 5.41 Å². The standard InChI is InChI=1S/C16H18O3/c1-19-15(18)16(8-3-9-16)14(17)13-7-6-11-4-2-5-12(11)10-13/h6-7,10H,2-5,8-9H2,1H3. The van der Waals surface area contributed by atoms with E-state index in [9.17, 15) is 9.59 Å². The maximum Gasteiger partial charge on any atom is 0.319 e. The van der Waals surface area contributed by atoms with Gasteiger partial charge in [0.1, 0.15) is 5.41 Å². The smallest absolute Gasteiger partial charge is 0.319 e. The highest BCUT2D eigenvalue weighted by Gasteiger charge is 2.51. The Morgan fingerprint density at radius 3 is 2.47 bits per heavy atom. The second-order valence-corrected chi connectivity index (χ2v) is 5.59. The molecule has 3 nitrogen and oxygen atoms in total. The van der Waals surface area contributed by atoms with Gasteiger partial charge in [0, 0.05) is 5.56 Å². The zero-order valence-corrected chi connectivity index (χ0v) is 11.2. The van der Waals surface area contributed by atoms with E-state index in [0.29, 0.717) is 18.4 Å². The lowest BCUT2D eigenvalue weighted by molar-refractivity contribution is -0.153. The van der Waals surface area contributed by atoms with Gasteiger partial charge in [0.15, 0.2) is 5.78 Å². The monoisotopic (exact) mass is 258 g/mol. The quantitative estimate of drug-likeness (QED) is 0.475. The maximum absolute atomic E-state index is 12.6. The molecule has 0 atom stereocenters. The zero-order valence-electron chi connectivity index (χ0n) is 11.2. The average molecular weight is 258 g/mol. The van der Waals surface area contributed by atoms with E-state index in [1.54, 1.807) is 0 Å². The first-order valence-corrected chi connectivity index (χ1v) is 6.92. The molecule has 19 heavy (non-hydrogen) atoms. The summed E-state index contributed by atoms with van der Waals surface area (Å²) in [5, 5.41) is 0. The number of rotatable bonds is 3. The van der Waals surface area contributed by atoms with Crippen molar-refractivity contribution in [2.24, 2.45) is 5.41 Å². The van der Waals surface area contributed by atoms with Gasteiger partial charge >= 0.3 is 5.97 Å². The van der Waals surface area contributed by atoms with E-state index in [4.69, 9.17) is 4.74 Å². The first-order chi connectivity index (χ1) is 9.17. The van der Waals surface area contributed by atoms with E-state index in [2.05, 4.69) is 0 Å². The SMILES string of the molecule is COC(=O)C1(C(=O)c2ccc3c(c2)CCC3)CCC1. The van der Waals surface area contributed by atoms with E-state index >= 15 is 0 Å². The van der Waals surface area contributed by atoms with Gasteiger partial charge in [0.2, 0.25) is 0 Å². The molecule has 0 bridgehead atoms. The topological polar surface area (TPSA) is 43.4 Å². The highest BCUT2D eigenvalue weighted by molar-refractivity contribution is 6.13. The normalized spacial score (nSPS) is 19.4. The van der Waals surface area contributed by atoms with E-state index in [-0.39, 0.29) is 11.8 Å². The molecule has 0 amide bonds. The average Bonchev–Trinajstić information content (AvgIpc) is 2.84. The van der Waals surface area contributed by atoms with Crippen LogP contribution in [0.4, 0.5) is 0 Å². The summed E-state index contributed by atoms with van der Waals surface area (Å²) in [6, 6.07) is 5.89. The molecule has 1 aromatic carbocycles. The third kappa shape index (κ3) is 1.79. The van der Waals surface area contributed by atoms with Crippen molar-refractivity contribution in [2.45, 2.75) is 38.5 Å². The first-order valence-electron chi connectivity index (χ1n) is 6.92. The van der Waals surface area contributed by atoms with Crippen LogP contribution in [0, 0.1) is 5.41 Å². The van der Waals surface area contributed by atoms with Crippen molar-refractivity contribution in [2.75, 3.05) is 7.11 Å². The summed E-state index contributed by atoms with van der Waals surface area (Å²) in [6.07, 6.45) is 5.47. The van der Waals surface area contributed by atoms with Gasteiger partial charge in [-0.2, -0.15) is 0 Å². The van der Waals surface area contributed by atoms with Crippen molar-refractivity contribution >= 4 is 11.8 Å². The van der Waals surface area contributed by atoms with Crippen molar-refractivity contribution in [3.8, 4) is 0 Å². The van der Waals surface area contributed by atoms with Gasteiger partial charge in [-0.3, -0.25) is 9.59 Å². The highest BCUT2D eigenvalue weighted by atomic mass is 16.5. The fourth-order valence-electron chi connectivity index (χ4n) is 3.24. The molecule has 0 N–H and O–H groups in total. The number of ketones is 1. The van der Waals surface area contributed by atoms with E-state index in [1.807, 2.05) is 18.2 Å². The number of methoxy groups -OCH3 is 1. The number of esters is 1. The van der Waals surface area contributed by atoms with Crippen LogP contribution in [0.1, 0.15) is 47.2 Å². The largest absolute Gasteiger partial charge is 0.468 e. The predicted octanol–water partition coefficient (Wildman–Crippen LogP) is 2.70. The van der Waals surface area contributed by atoms with Crippen LogP contribution in [-0.4, -0.2) is 18.9 Å². The van der Waals surface area contributed by atoms with Crippen molar-refractivity contribution in [3.63, 3.8) is 0 Å². The van der Waals surface area contributed by atoms with Gasteiger partial charge in [-0.15, -0.1) is 0 Å². The molecule has 0 spiro atoms. The summed E-state index contributed by atoms with van der Waals surface area (Å²) in [4.78, 5) is 24.6. The lowest BCUT2D eigenvalue weighted by Gasteiger charge is -2.37. The molecule has 3 heteroatoms. The first kappa shape index (κ1) is 12.4.